The van der Waals surface area contributed by atoms with Crippen LogP contribution in [0.1, 0.15) is 36.8 Å². The lowest BCUT2D eigenvalue weighted by Gasteiger charge is -2.05. The van der Waals surface area contributed by atoms with E-state index in [2.05, 4.69) is 5.32 Å². The molecule has 0 spiro atoms. The van der Waals surface area contributed by atoms with Gasteiger partial charge in [0.15, 0.2) is 0 Å². The lowest BCUT2D eigenvalue weighted by atomic mass is 10.1. The lowest BCUT2D eigenvalue weighted by Crippen LogP contribution is -2.14. The van der Waals surface area contributed by atoms with Crippen molar-refractivity contribution >= 4 is 5.97 Å². The molecule has 3 N–H and O–H groups in total. The fraction of sp³-hybridized carbons (Fsp3) is 0.533. The number of unbranched alkanes of at least 4 members (excludes halogenated alkanes) is 3. The van der Waals surface area contributed by atoms with Crippen molar-refractivity contribution in [1.29, 1.82) is 0 Å². The van der Waals surface area contributed by atoms with E-state index in [9.17, 15) is 4.79 Å². The number of hydrogen-bond donors (Lipinski definition) is 3. The summed E-state index contributed by atoms with van der Waals surface area (Å²) in [6.45, 7) is 2.08. The van der Waals surface area contributed by atoms with Crippen LogP contribution in [-0.2, 0) is 17.8 Å². The molecular weight excluding hydrogens is 242 g/mol. The van der Waals surface area contributed by atoms with Gasteiger partial charge in [-0.25, -0.2) is 0 Å². The molecule has 0 radical (unpaired) electrons. The van der Waals surface area contributed by atoms with Crippen LogP contribution in [0.2, 0.25) is 0 Å². The summed E-state index contributed by atoms with van der Waals surface area (Å²) in [5, 5.41) is 20.7. The molecule has 106 valence electrons. The molecule has 1 aromatic rings. The minimum atomic E-state index is -0.797. The Balaban J connectivity index is 2.14. The SMILES string of the molecule is O=C(O)Cc1ccc(CNCCCCCCO)cc1. The number of carboxylic acids is 1. The van der Waals surface area contributed by atoms with Crippen LogP contribution in [0.4, 0.5) is 0 Å². The molecule has 4 nitrogen and oxygen atoms in total. The Morgan fingerprint density at radius 1 is 1.00 bits per heavy atom. The third-order valence-corrected chi connectivity index (χ3v) is 2.97. The van der Waals surface area contributed by atoms with Crippen molar-refractivity contribution in [3.63, 3.8) is 0 Å². The molecule has 0 aliphatic carbocycles. The molecular formula is C15H23NO3. The minimum absolute atomic E-state index is 0.0819. The molecule has 0 aliphatic rings. The predicted molar refractivity (Wildman–Crippen MR) is 75.0 cm³/mol. The van der Waals surface area contributed by atoms with E-state index in [0.29, 0.717) is 0 Å². The Morgan fingerprint density at radius 3 is 2.26 bits per heavy atom. The highest BCUT2D eigenvalue weighted by Gasteiger charge is 2.00. The number of aliphatic hydroxyl groups is 1. The van der Waals surface area contributed by atoms with Gasteiger partial charge in [0.2, 0.25) is 0 Å². The smallest absolute Gasteiger partial charge is 0.307 e. The maximum Gasteiger partial charge on any atom is 0.307 e. The van der Waals surface area contributed by atoms with E-state index in [1.807, 2.05) is 24.3 Å². The van der Waals surface area contributed by atoms with E-state index in [-0.39, 0.29) is 13.0 Å². The number of rotatable bonds is 10. The molecule has 0 unspecified atom stereocenters. The van der Waals surface area contributed by atoms with E-state index in [1.165, 1.54) is 5.56 Å². The first-order chi connectivity index (χ1) is 9.22. The lowest BCUT2D eigenvalue weighted by molar-refractivity contribution is -0.136. The zero-order valence-electron chi connectivity index (χ0n) is 11.3. The van der Waals surface area contributed by atoms with E-state index in [1.54, 1.807) is 0 Å². The second kappa shape index (κ2) is 9.53. The quantitative estimate of drug-likeness (QED) is 0.566. The first kappa shape index (κ1) is 15.7. The standard InChI is InChI=1S/C15H23NO3/c17-10-4-2-1-3-9-16-12-14-7-5-13(6-8-14)11-15(18)19/h5-8,16-17H,1-4,9-12H2,(H,18,19). The summed E-state index contributed by atoms with van der Waals surface area (Å²) in [6, 6.07) is 7.67. The van der Waals surface area contributed by atoms with Gasteiger partial charge in [-0.3, -0.25) is 4.79 Å². The summed E-state index contributed by atoms with van der Waals surface area (Å²) in [7, 11) is 0. The highest BCUT2D eigenvalue weighted by Crippen LogP contribution is 2.05. The number of aliphatic hydroxyl groups excluding tert-OH is 1. The summed E-state index contributed by atoms with van der Waals surface area (Å²) in [5.74, 6) is -0.797. The van der Waals surface area contributed by atoms with Crippen LogP contribution >= 0.6 is 0 Å². The van der Waals surface area contributed by atoms with Gasteiger partial charge in [0.1, 0.15) is 0 Å². The van der Waals surface area contributed by atoms with Gasteiger partial charge in [-0.1, -0.05) is 37.1 Å². The molecule has 0 amide bonds. The van der Waals surface area contributed by atoms with E-state index in [4.69, 9.17) is 10.2 Å². The van der Waals surface area contributed by atoms with Gasteiger partial charge >= 0.3 is 5.97 Å². The van der Waals surface area contributed by atoms with E-state index >= 15 is 0 Å². The molecule has 0 bridgehead atoms. The summed E-state index contributed by atoms with van der Waals surface area (Å²) < 4.78 is 0. The zero-order valence-corrected chi connectivity index (χ0v) is 11.3. The number of carbonyl (C=O) groups is 1. The normalized spacial score (nSPS) is 10.6. The van der Waals surface area contributed by atoms with Crippen LogP contribution in [0.3, 0.4) is 0 Å². The van der Waals surface area contributed by atoms with Crippen molar-refractivity contribution < 1.29 is 15.0 Å². The second-order valence-corrected chi connectivity index (χ2v) is 4.70. The third-order valence-electron chi connectivity index (χ3n) is 2.97. The van der Waals surface area contributed by atoms with E-state index < -0.39 is 5.97 Å². The average molecular weight is 265 g/mol. The van der Waals surface area contributed by atoms with Crippen molar-refractivity contribution in [3.8, 4) is 0 Å². The van der Waals surface area contributed by atoms with Crippen molar-refractivity contribution in [2.24, 2.45) is 0 Å². The molecule has 0 aromatic heterocycles. The summed E-state index contributed by atoms with van der Waals surface area (Å²) in [5.41, 5.74) is 2.00. The molecule has 1 aromatic carbocycles. The number of nitrogens with one attached hydrogen (secondary N) is 1. The Labute approximate surface area is 114 Å². The second-order valence-electron chi connectivity index (χ2n) is 4.70. The number of carboxylic acid groups (broad SMARTS) is 1. The molecule has 0 saturated carbocycles. The fourth-order valence-corrected chi connectivity index (χ4v) is 1.90. The van der Waals surface area contributed by atoms with Gasteiger partial charge in [-0.15, -0.1) is 0 Å². The monoisotopic (exact) mass is 265 g/mol. The van der Waals surface area contributed by atoms with Crippen molar-refractivity contribution in [2.75, 3.05) is 13.2 Å². The fourth-order valence-electron chi connectivity index (χ4n) is 1.90. The van der Waals surface area contributed by atoms with Crippen molar-refractivity contribution in [2.45, 2.75) is 38.6 Å². The topological polar surface area (TPSA) is 69.6 Å². The number of hydrogen-bond acceptors (Lipinski definition) is 3. The Bertz CT molecular complexity index is 362. The minimum Gasteiger partial charge on any atom is -0.481 e. The maximum absolute atomic E-state index is 10.5. The molecule has 0 fully saturated rings. The largest absolute Gasteiger partial charge is 0.481 e. The highest BCUT2D eigenvalue weighted by atomic mass is 16.4. The molecule has 0 saturated heterocycles. The molecule has 1 rings (SSSR count). The van der Waals surface area contributed by atoms with Gasteiger partial charge in [-0.2, -0.15) is 0 Å². The van der Waals surface area contributed by atoms with Gasteiger partial charge in [0, 0.05) is 13.2 Å². The Morgan fingerprint density at radius 2 is 1.63 bits per heavy atom. The van der Waals surface area contributed by atoms with Crippen LogP contribution in [-0.4, -0.2) is 29.3 Å². The van der Waals surface area contributed by atoms with Crippen molar-refractivity contribution in [3.05, 3.63) is 35.4 Å². The first-order valence-corrected chi connectivity index (χ1v) is 6.83. The summed E-state index contributed by atoms with van der Waals surface area (Å²) in [4.78, 5) is 10.5. The van der Waals surface area contributed by atoms with E-state index in [0.717, 1.165) is 44.3 Å². The van der Waals surface area contributed by atoms with Crippen molar-refractivity contribution in [1.82, 2.24) is 5.32 Å². The average Bonchev–Trinajstić information content (AvgIpc) is 2.39. The Kier molecular flexibility index (Phi) is 7.86. The zero-order chi connectivity index (χ0) is 13.9. The van der Waals surface area contributed by atoms with Gasteiger partial charge < -0.3 is 15.5 Å². The van der Waals surface area contributed by atoms with Crippen LogP contribution in [0.25, 0.3) is 0 Å². The van der Waals surface area contributed by atoms with Gasteiger partial charge in [-0.05, 0) is 30.5 Å². The van der Waals surface area contributed by atoms with Crippen LogP contribution in [0.5, 0.6) is 0 Å². The van der Waals surface area contributed by atoms with Gasteiger partial charge in [0.25, 0.3) is 0 Å². The Hall–Kier alpha value is -1.39. The molecule has 4 heteroatoms. The molecule has 0 aliphatic heterocycles. The first-order valence-electron chi connectivity index (χ1n) is 6.83. The number of aliphatic carboxylic acids is 1. The molecule has 0 atom stereocenters. The van der Waals surface area contributed by atoms with Crippen LogP contribution in [0.15, 0.2) is 24.3 Å². The maximum atomic E-state index is 10.5. The van der Waals surface area contributed by atoms with Gasteiger partial charge in [0.05, 0.1) is 6.42 Å². The number of benzene rings is 1. The molecule has 0 heterocycles. The molecule has 19 heavy (non-hydrogen) atoms. The summed E-state index contributed by atoms with van der Waals surface area (Å²) >= 11 is 0. The third kappa shape index (κ3) is 7.59. The van der Waals surface area contributed by atoms with Crippen LogP contribution < -0.4 is 5.32 Å². The summed E-state index contributed by atoms with van der Waals surface area (Å²) in [6.07, 6.45) is 4.33. The van der Waals surface area contributed by atoms with Crippen LogP contribution in [0, 0.1) is 0 Å². The predicted octanol–water partition coefficient (Wildman–Crippen LogP) is 1.96. The highest BCUT2D eigenvalue weighted by molar-refractivity contribution is 5.70.